The van der Waals surface area contributed by atoms with Crippen LogP contribution in [0.1, 0.15) is 18.4 Å². The third kappa shape index (κ3) is 3.79. The number of hydrogen-bond acceptors (Lipinski definition) is 9. The minimum atomic E-state index is -0.164. The van der Waals surface area contributed by atoms with E-state index in [-0.39, 0.29) is 5.60 Å². The number of nitrogens with one attached hydrogen (secondary N) is 1. The van der Waals surface area contributed by atoms with Crippen molar-refractivity contribution in [3.05, 3.63) is 42.0 Å². The predicted octanol–water partition coefficient (Wildman–Crippen LogP) is 3.41. The van der Waals surface area contributed by atoms with E-state index in [1.54, 1.807) is 14.2 Å². The summed E-state index contributed by atoms with van der Waals surface area (Å²) < 4.78 is 13.2. The minimum absolute atomic E-state index is 0.164. The van der Waals surface area contributed by atoms with Crippen molar-refractivity contribution in [2.75, 3.05) is 37.5 Å². The van der Waals surface area contributed by atoms with Gasteiger partial charge in [-0.25, -0.2) is 15.0 Å². The Hall–Kier alpha value is -3.79. The van der Waals surface area contributed by atoms with Crippen molar-refractivity contribution in [2.45, 2.75) is 26.4 Å². The van der Waals surface area contributed by atoms with E-state index in [0.29, 0.717) is 11.7 Å². The summed E-state index contributed by atoms with van der Waals surface area (Å²) in [5.41, 5.74) is 3.22. The first kappa shape index (κ1) is 22.0. The number of rotatable bonds is 6. The molecule has 0 atom stereocenters. The number of aryl methyl sites for hydroxylation is 2. The molecule has 0 spiro atoms. The van der Waals surface area contributed by atoms with Gasteiger partial charge in [-0.1, -0.05) is 0 Å². The summed E-state index contributed by atoms with van der Waals surface area (Å²) in [6.45, 7) is 7.52. The smallest absolute Gasteiger partial charge is 0.227 e. The molecule has 1 saturated heterocycles. The molecule has 1 aliphatic rings. The standard InChI is InChI=1S/C24H28N8O2/c1-14-9-17-11-25-23(28-20(17)22(26-14)32-12-24(3,13-32)34-6)27-18-8-7-16(10-19(18)33-5)21-30-29-15(2)31(21)4/h7-11H,12-13H2,1-6H3,(H,25,27,28). The first-order valence-electron chi connectivity index (χ1n) is 11.1. The second kappa shape index (κ2) is 8.21. The van der Waals surface area contributed by atoms with Gasteiger partial charge in [0, 0.05) is 37.0 Å². The Labute approximate surface area is 198 Å². The summed E-state index contributed by atoms with van der Waals surface area (Å²) in [6.07, 6.45) is 1.82. The molecule has 10 nitrogen and oxygen atoms in total. The van der Waals surface area contributed by atoms with E-state index >= 15 is 0 Å². The van der Waals surface area contributed by atoms with E-state index < -0.39 is 0 Å². The molecule has 0 radical (unpaired) electrons. The highest BCUT2D eigenvalue weighted by atomic mass is 16.5. The first-order valence-corrected chi connectivity index (χ1v) is 11.1. The van der Waals surface area contributed by atoms with Gasteiger partial charge in [-0.3, -0.25) is 0 Å². The molecule has 0 bridgehead atoms. The Morgan fingerprint density at radius 1 is 1.06 bits per heavy atom. The van der Waals surface area contributed by atoms with Crippen LogP contribution in [0.2, 0.25) is 0 Å². The van der Waals surface area contributed by atoms with Crippen LogP contribution in [0.3, 0.4) is 0 Å². The summed E-state index contributed by atoms with van der Waals surface area (Å²) in [4.78, 5) is 16.3. The van der Waals surface area contributed by atoms with Crippen LogP contribution in [0.4, 0.5) is 17.5 Å². The average Bonchev–Trinajstić information content (AvgIpc) is 3.15. The number of benzene rings is 1. The molecule has 5 rings (SSSR count). The van der Waals surface area contributed by atoms with E-state index in [0.717, 1.165) is 58.4 Å². The molecule has 0 saturated carbocycles. The van der Waals surface area contributed by atoms with E-state index in [9.17, 15) is 0 Å². The van der Waals surface area contributed by atoms with Gasteiger partial charge in [-0.2, -0.15) is 0 Å². The van der Waals surface area contributed by atoms with Crippen molar-refractivity contribution in [2.24, 2.45) is 7.05 Å². The molecule has 0 aliphatic carbocycles. The highest BCUT2D eigenvalue weighted by molar-refractivity contribution is 5.90. The average molecular weight is 461 g/mol. The van der Waals surface area contributed by atoms with Crippen molar-refractivity contribution in [1.82, 2.24) is 29.7 Å². The van der Waals surface area contributed by atoms with Crippen LogP contribution in [0, 0.1) is 13.8 Å². The van der Waals surface area contributed by atoms with Gasteiger partial charge in [0.05, 0.1) is 31.5 Å². The van der Waals surface area contributed by atoms with Crippen molar-refractivity contribution in [3.63, 3.8) is 0 Å². The van der Waals surface area contributed by atoms with E-state index in [1.807, 2.05) is 55.9 Å². The maximum atomic E-state index is 5.64. The number of anilines is 3. The quantitative estimate of drug-likeness (QED) is 0.463. The lowest BCUT2D eigenvalue weighted by Crippen LogP contribution is -2.61. The van der Waals surface area contributed by atoms with Gasteiger partial charge in [0.2, 0.25) is 5.95 Å². The van der Waals surface area contributed by atoms with Gasteiger partial charge in [0.1, 0.15) is 17.1 Å². The molecule has 1 N–H and O–H groups in total. The molecular weight excluding hydrogens is 432 g/mol. The van der Waals surface area contributed by atoms with Crippen LogP contribution < -0.4 is 15.0 Å². The van der Waals surface area contributed by atoms with Crippen LogP contribution in [-0.2, 0) is 11.8 Å². The first-order chi connectivity index (χ1) is 16.3. The summed E-state index contributed by atoms with van der Waals surface area (Å²) >= 11 is 0. The fourth-order valence-corrected chi connectivity index (χ4v) is 4.19. The number of pyridine rings is 1. The van der Waals surface area contributed by atoms with Gasteiger partial charge in [-0.15, -0.1) is 10.2 Å². The number of hydrogen-bond donors (Lipinski definition) is 1. The van der Waals surface area contributed by atoms with Crippen LogP contribution in [0.5, 0.6) is 5.75 Å². The fourth-order valence-electron chi connectivity index (χ4n) is 4.19. The second-order valence-electron chi connectivity index (χ2n) is 8.90. The Kier molecular flexibility index (Phi) is 5.32. The Morgan fingerprint density at radius 3 is 2.53 bits per heavy atom. The molecular formula is C24H28N8O2. The van der Waals surface area contributed by atoms with E-state index in [4.69, 9.17) is 19.4 Å². The maximum absolute atomic E-state index is 5.64. The lowest BCUT2D eigenvalue weighted by Gasteiger charge is -2.47. The Morgan fingerprint density at radius 2 is 1.85 bits per heavy atom. The molecule has 176 valence electrons. The van der Waals surface area contributed by atoms with Gasteiger partial charge in [-0.05, 0) is 45.0 Å². The monoisotopic (exact) mass is 460 g/mol. The molecule has 1 aliphatic heterocycles. The summed E-state index contributed by atoms with van der Waals surface area (Å²) in [5.74, 6) is 3.58. The zero-order valence-electron chi connectivity index (χ0n) is 20.2. The van der Waals surface area contributed by atoms with Crippen molar-refractivity contribution >= 4 is 28.4 Å². The van der Waals surface area contributed by atoms with Crippen LogP contribution >= 0.6 is 0 Å². The van der Waals surface area contributed by atoms with E-state index in [2.05, 4.69) is 32.3 Å². The van der Waals surface area contributed by atoms with Gasteiger partial charge >= 0.3 is 0 Å². The largest absolute Gasteiger partial charge is 0.495 e. The van der Waals surface area contributed by atoms with Crippen LogP contribution in [0.25, 0.3) is 22.3 Å². The Balaban J connectivity index is 1.48. The molecule has 4 aromatic rings. The van der Waals surface area contributed by atoms with Gasteiger partial charge in [0.25, 0.3) is 0 Å². The van der Waals surface area contributed by atoms with Crippen molar-refractivity contribution in [3.8, 4) is 17.1 Å². The fraction of sp³-hybridized carbons (Fsp3) is 0.375. The number of nitrogens with zero attached hydrogens (tertiary/aromatic N) is 7. The van der Waals surface area contributed by atoms with Crippen molar-refractivity contribution < 1.29 is 9.47 Å². The zero-order chi connectivity index (χ0) is 24.0. The minimum Gasteiger partial charge on any atom is -0.495 e. The SMILES string of the molecule is COc1cc(-c2nnc(C)n2C)ccc1Nc1ncc2cc(C)nc(N3CC(C)(OC)C3)c2n1. The molecule has 1 aromatic carbocycles. The van der Waals surface area contributed by atoms with Crippen molar-refractivity contribution in [1.29, 1.82) is 0 Å². The predicted molar refractivity (Wildman–Crippen MR) is 131 cm³/mol. The third-order valence-corrected chi connectivity index (χ3v) is 6.32. The molecule has 0 amide bonds. The molecule has 4 heterocycles. The normalized spacial score (nSPS) is 14.8. The highest BCUT2D eigenvalue weighted by Crippen LogP contribution is 2.35. The van der Waals surface area contributed by atoms with Gasteiger partial charge < -0.3 is 24.3 Å². The number of fused-ring (bicyclic) bond motifs is 1. The Bertz CT molecular complexity index is 1380. The summed E-state index contributed by atoms with van der Waals surface area (Å²) in [6, 6.07) is 7.82. The van der Waals surface area contributed by atoms with Crippen LogP contribution in [-0.4, -0.2) is 62.6 Å². The van der Waals surface area contributed by atoms with E-state index in [1.165, 1.54) is 0 Å². The number of methoxy groups -OCH3 is 2. The maximum Gasteiger partial charge on any atom is 0.227 e. The lowest BCUT2D eigenvalue weighted by atomic mass is 9.96. The summed E-state index contributed by atoms with van der Waals surface area (Å²) in [7, 11) is 5.31. The third-order valence-electron chi connectivity index (χ3n) is 6.32. The topological polar surface area (TPSA) is 103 Å². The highest BCUT2D eigenvalue weighted by Gasteiger charge is 2.40. The number of ether oxygens (including phenoxy) is 2. The lowest BCUT2D eigenvalue weighted by molar-refractivity contribution is -0.0170. The molecule has 10 heteroatoms. The molecule has 0 unspecified atom stereocenters. The van der Waals surface area contributed by atoms with Gasteiger partial charge in [0.15, 0.2) is 11.6 Å². The number of aromatic nitrogens is 6. The molecule has 3 aromatic heterocycles. The molecule has 34 heavy (non-hydrogen) atoms. The van der Waals surface area contributed by atoms with Crippen LogP contribution in [0.15, 0.2) is 30.5 Å². The summed E-state index contributed by atoms with van der Waals surface area (Å²) in [5, 5.41) is 12.6. The molecule has 1 fully saturated rings. The second-order valence-corrected chi connectivity index (χ2v) is 8.90. The zero-order valence-corrected chi connectivity index (χ0v) is 20.2.